The van der Waals surface area contributed by atoms with Crippen molar-refractivity contribution in [2.75, 3.05) is 36.8 Å². The number of nitrogens with zero attached hydrogens (tertiary/aromatic N) is 3. The van der Waals surface area contributed by atoms with Gasteiger partial charge in [0.15, 0.2) is 0 Å². The maximum atomic E-state index is 12.8. The summed E-state index contributed by atoms with van der Waals surface area (Å²) in [7, 11) is 0. The van der Waals surface area contributed by atoms with Crippen molar-refractivity contribution >= 4 is 17.5 Å². The van der Waals surface area contributed by atoms with E-state index in [2.05, 4.69) is 27.5 Å². The molecule has 2 aromatic heterocycles. The maximum Gasteiger partial charge on any atom is 0.257 e. The molecule has 0 bridgehead atoms. The predicted octanol–water partition coefficient (Wildman–Crippen LogP) is 2.87. The van der Waals surface area contributed by atoms with Gasteiger partial charge in [0, 0.05) is 38.6 Å². The first-order valence-corrected chi connectivity index (χ1v) is 8.87. The monoisotopic (exact) mass is 339 g/mol. The largest absolute Gasteiger partial charge is 0.368 e. The van der Waals surface area contributed by atoms with E-state index < -0.39 is 0 Å². The fourth-order valence-corrected chi connectivity index (χ4v) is 2.94. The number of nitrogens with one attached hydrogen (secondary N) is 2. The van der Waals surface area contributed by atoms with Crippen LogP contribution in [0.15, 0.2) is 42.7 Å². The zero-order valence-corrected chi connectivity index (χ0v) is 14.6. The van der Waals surface area contributed by atoms with Crippen LogP contribution in [0, 0.1) is 5.92 Å². The molecule has 2 N–H and O–H groups in total. The van der Waals surface area contributed by atoms with Crippen LogP contribution in [0.4, 0.5) is 11.6 Å². The molecule has 0 saturated carbocycles. The van der Waals surface area contributed by atoms with Crippen LogP contribution in [0.2, 0.25) is 0 Å². The molecule has 1 saturated heterocycles. The van der Waals surface area contributed by atoms with Crippen LogP contribution in [-0.2, 0) is 0 Å². The van der Waals surface area contributed by atoms with Gasteiger partial charge in [0.1, 0.15) is 11.6 Å². The smallest absolute Gasteiger partial charge is 0.257 e. The molecule has 3 rings (SSSR count). The van der Waals surface area contributed by atoms with Crippen LogP contribution < -0.4 is 10.6 Å². The van der Waals surface area contributed by atoms with Gasteiger partial charge in [-0.1, -0.05) is 13.0 Å². The summed E-state index contributed by atoms with van der Waals surface area (Å²) in [6, 6.07) is 9.42. The number of piperidine rings is 1. The van der Waals surface area contributed by atoms with E-state index in [1.807, 2.05) is 35.2 Å². The lowest BCUT2D eigenvalue weighted by Crippen LogP contribution is -2.38. The molecular formula is C19H25N5O. The Labute approximate surface area is 148 Å². The van der Waals surface area contributed by atoms with E-state index in [4.69, 9.17) is 0 Å². The molecule has 0 spiro atoms. The minimum atomic E-state index is 0.0696. The van der Waals surface area contributed by atoms with Gasteiger partial charge >= 0.3 is 0 Å². The SMILES string of the molecule is CC1CCN(C(=O)c2cccnc2NCCNc2ccccn2)CC1. The molecule has 25 heavy (non-hydrogen) atoms. The van der Waals surface area contributed by atoms with Gasteiger partial charge in [0.05, 0.1) is 5.56 Å². The van der Waals surface area contributed by atoms with Crippen molar-refractivity contribution in [3.05, 3.63) is 48.3 Å². The fourth-order valence-electron chi connectivity index (χ4n) is 2.94. The van der Waals surface area contributed by atoms with Crippen molar-refractivity contribution in [1.29, 1.82) is 0 Å². The first kappa shape index (κ1) is 17.2. The first-order valence-electron chi connectivity index (χ1n) is 8.87. The molecule has 3 heterocycles. The molecule has 0 radical (unpaired) electrons. The third-order valence-corrected chi connectivity index (χ3v) is 4.50. The number of carbonyl (C=O) groups excluding carboxylic acids is 1. The van der Waals surface area contributed by atoms with Gasteiger partial charge in [0.2, 0.25) is 0 Å². The Hall–Kier alpha value is -2.63. The van der Waals surface area contributed by atoms with E-state index in [1.165, 1.54) is 0 Å². The molecule has 2 aromatic rings. The number of rotatable bonds is 6. The number of amides is 1. The second-order valence-corrected chi connectivity index (χ2v) is 6.44. The van der Waals surface area contributed by atoms with Crippen molar-refractivity contribution in [3.8, 4) is 0 Å². The molecule has 6 heteroatoms. The summed E-state index contributed by atoms with van der Waals surface area (Å²) >= 11 is 0. The highest BCUT2D eigenvalue weighted by Crippen LogP contribution is 2.20. The number of pyridine rings is 2. The maximum absolute atomic E-state index is 12.8. The topological polar surface area (TPSA) is 70.2 Å². The van der Waals surface area contributed by atoms with Gasteiger partial charge < -0.3 is 15.5 Å². The van der Waals surface area contributed by atoms with E-state index in [9.17, 15) is 4.79 Å². The van der Waals surface area contributed by atoms with E-state index >= 15 is 0 Å². The average Bonchev–Trinajstić information content (AvgIpc) is 2.66. The molecule has 1 amide bonds. The van der Waals surface area contributed by atoms with Crippen molar-refractivity contribution in [2.24, 2.45) is 5.92 Å². The van der Waals surface area contributed by atoms with E-state index in [0.717, 1.165) is 31.7 Å². The Kier molecular flexibility index (Phi) is 5.82. The molecule has 6 nitrogen and oxygen atoms in total. The molecule has 132 valence electrons. The van der Waals surface area contributed by atoms with Gasteiger partial charge in [0.25, 0.3) is 5.91 Å². The highest BCUT2D eigenvalue weighted by molar-refractivity contribution is 5.98. The highest BCUT2D eigenvalue weighted by Gasteiger charge is 2.23. The summed E-state index contributed by atoms with van der Waals surface area (Å²) in [5, 5.41) is 6.50. The Morgan fingerprint density at radius 2 is 1.84 bits per heavy atom. The summed E-state index contributed by atoms with van der Waals surface area (Å²) in [5.41, 5.74) is 0.648. The lowest BCUT2D eigenvalue weighted by Gasteiger charge is -2.30. The number of carbonyl (C=O) groups is 1. The van der Waals surface area contributed by atoms with E-state index in [-0.39, 0.29) is 5.91 Å². The molecule has 1 aliphatic heterocycles. The Balaban J connectivity index is 1.56. The molecule has 0 aliphatic carbocycles. The summed E-state index contributed by atoms with van der Waals surface area (Å²) in [6.07, 6.45) is 5.61. The minimum absolute atomic E-state index is 0.0696. The quantitative estimate of drug-likeness (QED) is 0.792. The lowest BCUT2D eigenvalue weighted by molar-refractivity contribution is 0.0698. The van der Waals surface area contributed by atoms with Crippen LogP contribution in [0.3, 0.4) is 0 Å². The third-order valence-electron chi connectivity index (χ3n) is 4.50. The lowest BCUT2D eigenvalue weighted by atomic mass is 9.98. The normalized spacial score (nSPS) is 15.0. The van der Waals surface area contributed by atoms with Gasteiger partial charge in [-0.15, -0.1) is 0 Å². The van der Waals surface area contributed by atoms with Gasteiger partial charge in [-0.3, -0.25) is 4.79 Å². The molecule has 0 unspecified atom stereocenters. The minimum Gasteiger partial charge on any atom is -0.368 e. The van der Waals surface area contributed by atoms with Gasteiger partial charge in [-0.05, 0) is 43.0 Å². The zero-order chi connectivity index (χ0) is 17.5. The van der Waals surface area contributed by atoms with Crippen LogP contribution in [0.1, 0.15) is 30.1 Å². The number of hydrogen-bond donors (Lipinski definition) is 2. The number of hydrogen-bond acceptors (Lipinski definition) is 5. The number of aromatic nitrogens is 2. The second-order valence-electron chi connectivity index (χ2n) is 6.44. The number of likely N-dealkylation sites (tertiary alicyclic amines) is 1. The van der Waals surface area contributed by atoms with Crippen molar-refractivity contribution in [2.45, 2.75) is 19.8 Å². The van der Waals surface area contributed by atoms with Crippen LogP contribution >= 0.6 is 0 Å². The van der Waals surface area contributed by atoms with Crippen molar-refractivity contribution in [1.82, 2.24) is 14.9 Å². The van der Waals surface area contributed by atoms with Crippen LogP contribution in [0.25, 0.3) is 0 Å². The first-order chi connectivity index (χ1) is 12.2. The molecule has 0 atom stereocenters. The van der Waals surface area contributed by atoms with Crippen molar-refractivity contribution in [3.63, 3.8) is 0 Å². The number of anilines is 2. The highest BCUT2D eigenvalue weighted by atomic mass is 16.2. The average molecular weight is 339 g/mol. The third kappa shape index (κ3) is 4.68. The molecular weight excluding hydrogens is 314 g/mol. The summed E-state index contributed by atoms with van der Waals surface area (Å²) in [4.78, 5) is 23.3. The van der Waals surface area contributed by atoms with Gasteiger partial charge in [-0.2, -0.15) is 0 Å². The summed E-state index contributed by atoms with van der Waals surface area (Å²) in [5.74, 6) is 2.26. The van der Waals surface area contributed by atoms with Crippen LogP contribution in [-0.4, -0.2) is 47.0 Å². The second kappa shape index (κ2) is 8.46. The Morgan fingerprint density at radius 3 is 2.60 bits per heavy atom. The molecule has 1 fully saturated rings. The van der Waals surface area contributed by atoms with E-state index in [0.29, 0.717) is 30.4 Å². The molecule has 1 aliphatic rings. The Bertz CT molecular complexity index is 683. The summed E-state index contributed by atoms with van der Waals surface area (Å²) < 4.78 is 0. The zero-order valence-electron chi connectivity index (χ0n) is 14.6. The molecule has 0 aromatic carbocycles. The van der Waals surface area contributed by atoms with Crippen LogP contribution in [0.5, 0.6) is 0 Å². The standard InChI is InChI=1S/C19H25N5O/c1-15-7-13-24(14-8-15)19(25)16-5-4-10-22-18(16)23-12-11-21-17-6-2-3-9-20-17/h2-6,9-10,15H,7-8,11-14H2,1H3,(H,20,21)(H,22,23). The fraction of sp³-hybridized carbons (Fsp3) is 0.421. The van der Waals surface area contributed by atoms with E-state index in [1.54, 1.807) is 12.4 Å². The van der Waals surface area contributed by atoms with Crippen molar-refractivity contribution < 1.29 is 4.79 Å². The van der Waals surface area contributed by atoms with Gasteiger partial charge in [-0.25, -0.2) is 9.97 Å². The summed E-state index contributed by atoms with van der Waals surface area (Å²) in [6.45, 7) is 5.26. The predicted molar refractivity (Wildman–Crippen MR) is 99.8 cm³/mol. The Morgan fingerprint density at radius 1 is 1.08 bits per heavy atom.